The van der Waals surface area contributed by atoms with Crippen LogP contribution in [-0.2, 0) is 4.79 Å². The van der Waals surface area contributed by atoms with Gasteiger partial charge in [-0.05, 0) is 74.6 Å². The fourth-order valence-corrected chi connectivity index (χ4v) is 6.00. The van der Waals surface area contributed by atoms with Crippen LogP contribution < -0.4 is 5.32 Å². The summed E-state index contributed by atoms with van der Waals surface area (Å²) in [6.45, 7) is 2.86. The van der Waals surface area contributed by atoms with E-state index in [9.17, 15) is 9.59 Å². The second kappa shape index (κ2) is 7.10. The van der Waals surface area contributed by atoms with E-state index in [1.54, 1.807) is 4.90 Å². The molecule has 2 saturated carbocycles. The van der Waals surface area contributed by atoms with Crippen molar-refractivity contribution < 1.29 is 9.59 Å². The zero-order chi connectivity index (χ0) is 17.4. The van der Waals surface area contributed by atoms with Crippen molar-refractivity contribution in [1.29, 1.82) is 0 Å². The van der Waals surface area contributed by atoms with Gasteiger partial charge in [-0.2, -0.15) is 0 Å². The van der Waals surface area contributed by atoms with E-state index >= 15 is 0 Å². The van der Waals surface area contributed by atoms with Gasteiger partial charge < -0.3 is 10.2 Å². The van der Waals surface area contributed by atoms with E-state index in [0.29, 0.717) is 12.5 Å². The van der Waals surface area contributed by atoms with Crippen molar-refractivity contribution >= 4 is 23.2 Å². The summed E-state index contributed by atoms with van der Waals surface area (Å²) in [5.74, 6) is 2.39. The molecule has 25 heavy (non-hydrogen) atoms. The summed E-state index contributed by atoms with van der Waals surface area (Å²) in [4.78, 5) is 28.3. The third kappa shape index (κ3) is 3.35. The minimum absolute atomic E-state index is 0.0161. The summed E-state index contributed by atoms with van der Waals surface area (Å²) in [6, 6.07) is 3.68. The maximum absolute atomic E-state index is 13.0. The highest BCUT2D eigenvalue weighted by Gasteiger charge is 2.43. The lowest BCUT2D eigenvalue weighted by Gasteiger charge is -2.36. The fourth-order valence-electron chi connectivity index (χ4n) is 5.32. The minimum Gasteiger partial charge on any atom is -0.352 e. The van der Waals surface area contributed by atoms with Crippen LogP contribution in [0.4, 0.5) is 0 Å². The summed E-state index contributed by atoms with van der Waals surface area (Å²) in [5, 5.41) is 5.20. The number of likely N-dealkylation sites (tertiary alicyclic amines) is 1. The number of hydrogen-bond acceptors (Lipinski definition) is 3. The van der Waals surface area contributed by atoms with Crippen LogP contribution in [0.5, 0.6) is 0 Å². The number of carbonyl (C=O) groups excluding carboxylic acids is 2. The van der Waals surface area contributed by atoms with E-state index in [4.69, 9.17) is 0 Å². The smallest absolute Gasteiger partial charge is 0.264 e. The normalized spacial score (nSPS) is 32.6. The molecule has 0 radical (unpaired) electrons. The van der Waals surface area contributed by atoms with E-state index in [-0.39, 0.29) is 23.9 Å². The number of amides is 2. The topological polar surface area (TPSA) is 49.4 Å². The number of fused-ring (bicyclic) bond motifs is 2. The van der Waals surface area contributed by atoms with E-state index in [2.05, 4.69) is 12.2 Å². The maximum atomic E-state index is 13.0. The Morgan fingerprint density at radius 3 is 2.80 bits per heavy atom. The SMILES string of the molecule is CC(NC(=O)C1CCCCN1C(=O)c1cccs1)C1CC2CCC1C2. The number of rotatable bonds is 4. The van der Waals surface area contributed by atoms with Crippen LogP contribution in [0.2, 0.25) is 0 Å². The summed E-state index contributed by atoms with van der Waals surface area (Å²) in [6.07, 6.45) is 8.14. The molecule has 1 saturated heterocycles. The molecule has 1 aromatic heterocycles. The van der Waals surface area contributed by atoms with Gasteiger partial charge in [-0.1, -0.05) is 12.5 Å². The van der Waals surface area contributed by atoms with Crippen molar-refractivity contribution in [1.82, 2.24) is 10.2 Å². The van der Waals surface area contributed by atoms with Crippen LogP contribution in [0.3, 0.4) is 0 Å². The predicted octanol–water partition coefficient (Wildman–Crippen LogP) is 3.68. The third-order valence-corrected chi connectivity index (χ3v) is 7.46. The molecule has 4 nitrogen and oxygen atoms in total. The summed E-state index contributed by atoms with van der Waals surface area (Å²) in [5.41, 5.74) is 0. The molecule has 5 heteroatoms. The van der Waals surface area contributed by atoms with Crippen molar-refractivity contribution in [2.24, 2.45) is 17.8 Å². The van der Waals surface area contributed by atoms with Crippen LogP contribution in [0.15, 0.2) is 17.5 Å². The van der Waals surface area contributed by atoms with E-state index in [1.807, 2.05) is 17.5 Å². The molecule has 2 aliphatic carbocycles. The molecule has 3 fully saturated rings. The number of nitrogens with zero attached hydrogens (tertiary/aromatic N) is 1. The molecule has 1 N–H and O–H groups in total. The Labute approximate surface area is 154 Å². The summed E-state index contributed by atoms with van der Waals surface area (Å²) >= 11 is 1.46. The first-order valence-electron chi connectivity index (χ1n) is 9.78. The van der Waals surface area contributed by atoms with Crippen LogP contribution in [0.25, 0.3) is 0 Å². The molecule has 2 amide bonds. The molecular formula is C20H28N2O2S. The molecule has 2 heterocycles. The Kier molecular flexibility index (Phi) is 4.85. The molecule has 136 valence electrons. The zero-order valence-electron chi connectivity index (χ0n) is 14.9. The van der Waals surface area contributed by atoms with E-state index < -0.39 is 0 Å². The standard InChI is InChI=1S/C20H28N2O2S/c1-13(16-12-14-7-8-15(16)11-14)21-19(23)17-5-2-3-9-22(17)20(24)18-6-4-10-25-18/h4,6,10,13-17H,2-3,5,7-9,11-12H2,1H3,(H,21,23). The predicted molar refractivity (Wildman–Crippen MR) is 99.5 cm³/mol. The Morgan fingerprint density at radius 2 is 2.12 bits per heavy atom. The number of piperidine rings is 1. The first-order valence-corrected chi connectivity index (χ1v) is 10.7. The molecule has 1 aliphatic heterocycles. The van der Waals surface area contributed by atoms with Gasteiger partial charge in [-0.15, -0.1) is 11.3 Å². The lowest BCUT2D eigenvalue weighted by atomic mass is 9.84. The molecule has 5 unspecified atom stereocenters. The average molecular weight is 361 g/mol. The van der Waals surface area contributed by atoms with Gasteiger partial charge in [-0.3, -0.25) is 9.59 Å². The van der Waals surface area contributed by atoms with Crippen molar-refractivity contribution in [3.63, 3.8) is 0 Å². The van der Waals surface area contributed by atoms with Gasteiger partial charge in [0.15, 0.2) is 0 Å². The van der Waals surface area contributed by atoms with Crippen LogP contribution in [-0.4, -0.2) is 35.3 Å². The zero-order valence-corrected chi connectivity index (χ0v) is 15.8. The van der Waals surface area contributed by atoms with Crippen LogP contribution >= 0.6 is 11.3 Å². The van der Waals surface area contributed by atoms with Gasteiger partial charge in [0.2, 0.25) is 5.91 Å². The molecule has 1 aromatic rings. The van der Waals surface area contributed by atoms with Crippen LogP contribution in [0, 0.1) is 17.8 Å². The summed E-state index contributed by atoms with van der Waals surface area (Å²) in [7, 11) is 0. The van der Waals surface area contributed by atoms with Gasteiger partial charge in [0.05, 0.1) is 4.88 Å². The molecule has 0 aromatic carbocycles. The maximum Gasteiger partial charge on any atom is 0.264 e. The Hall–Kier alpha value is -1.36. The van der Waals surface area contributed by atoms with Crippen molar-refractivity contribution in [2.75, 3.05) is 6.54 Å². The van der Waals surface area contributed by atoms with Gasteiger partial charge in [-0.25, -0.2) is 0 Å². The van der Waals surface area contributed by atoms with Gasteiger partial charge in [0.1, 0.15) is 6.04 Å². The first-order chi connectivity index (χ1) is 12.1. The summed E-state index contributed by atoms with van der Waals surface area (Å²) < 4.78 is 0. The highest BCUT2D eigenvalue weighted by atomic mass is 32.1. The van der Waals surface area contributed by atoms with E-state index in [1.165, 1.54) is 37.0 Å². The molecule has 4 rings (SSSR count). The number of nitrogens with one attached hydrogen (secondary N) is 1. The minimum atomic E-state index is -0.301. The lowest BCUT2D eigenvalue weighted by Crippen LogP contribution is -2.54. The van der Waals surface area contributed by atoms with E-state index in [0.717, 1.165) is 36.0 Å². The van der Waals surface area contributed by atoms with Gasteiger partial charge in [0, 0.05) is 12.6 Å². The highest BCUT2D eigenvalue weighted by molar-refractivity contribution is 7.12. The Balaban J connectivity index is 1.41. The second-order valence-corrected chi connectivity index (χ2v) is 9.07. The second-order valence-electron chi connectivity index (χ2n) is 8.12. The average Bonchev–Trinajstić information content (AvgIpc) is 3.38. The molecule has 3 aliphatic rings. The number of thiophene rings is 1. The van der Waals surface area contributed by atoms with Gasteiger partial charge >= 0.3 is 0 Å². The van der Waals surface area contributed by atoms with Gasteiger partial charge in [0.25, 0.3) is 5.91 Å². The van der Waals surface area contributed by atoms with Crippen LogP contribution in [0.1, 0.15) is 61.5 Å². The molecule has 2 bridgehead atoms. The quantitative estimate of drug-likeness (QED) is 0.890. The molecular weight excluding hydrogens is 332 g/mol. The first kappa shape index (κ1) is 17.1. The largest absolute Gasteiger partial charge is 0.352 e. The number of hydrogen-bond donors (Lipinski definition) is 1. The van der Waals surface area contributed by atoms with Crippen molar-refractivity contribution in [3.8, 4) is 0 Å². The Bertz CT molecular complexity index is 630. The highest BCUT2D eigenvalue weighted by Crippen LogP contribution is 2.49. The monoisotopic (exact) mass is 360 g/mol. The molecule has 0 spiro atoms. The third-order valence-electron chi connectivity index (χ3n) is 6.60. The number of carbonyl (C=O) groups is 2. The molecule has 5 atom stereocenters. The van der Waals surface area contributed by atoms with Crippen molar-refractivity contribution in [2.45, 2.75) is 64.0 Å². The fraction of sp³-hybridized carbons (Fsp3) is 0.700. The van der Waals surface area contributed by atoms with Crippen molar-refractivity contribution in [3.05, 3.63) is 22.4 Å². The lowest BCUT2D eigenvalue weighted by molar-refractivity contribution is -0.127. The Morgan fingerprint density at radius 1 is 1.24 bits per heavy atom.